The molecule has 0 spiro atoms. The highest BCUT2D eigenvalue weighted by atomic mass is 32.2. The molecule has 0 aliphatic heterocycles. The Morgan fingerprint density at radius 1 is 1.32 bits per heavy atom. The van der Waals surface area contributed by atoms with Gasteiger partial charge in [0.05, 0.1) is 5.60 Å². The molecule has 3 N–H and O–H groups in total. The minimum atomic E-state index is -4.32. The highest BCUT2D eigenvalue weighted by Crippen LogP contribution is 2.22. The predicted molar refractivity (Wildman–Crippen MR) is 67.0 cm³/mol. The molecule has 5 nitrogen and oxygen atoms in total. The maximum Gasteiger partial charge on any atom is 0.246 e. The molecule has 0 aliphatic carbocycles. The number of nitrogen functional groups attached to an aromatic ring is 1. The number of nitrogens with one attached hydrogen (secondary N) is 1. The smallest absolute Gasteiger partial charge is 0.246 e. The maximum atomic E-state index is 13.5. The molecule has 0 saturated heterocycles. The van der Waals surface area contributed by atoms with Gasteiger partial charge in [0.2, 0.25) is 10.0 Å². The Labute approximate surface area is 110 Å². The average molecular weight is 294 g/mol. The van der Waals surface area contributed by atoms with Crippen LogP contribution in [-0.2, 0) is 14.8 Å². The van der Waals surface area contributed by atoms with Crippen molar-refractivity contribution in [2.75, 3.05) is 19.4 Å². The van der Waals surface area contributed by atoms with Crippen LogP contribution >= 0.6 is 0 Å². The monoisotopic (exact) mass is 294 g/mol. The van der Waals surface area contributed by atoms with E-state index in [0.717, 1.165) is 12.1 Å². The Bertz CT molecular complexity index is 550. The summed E-state index contributed by atoms with van der Waals surface area (Å²) >= 11 is 0. The summed E-state index contributed by atoms with van der Waals surface area (Å²) in [7, 11) is -2.92. The molecule has 19 heavy (non-hydrogen) atoms. The van der Waals surface area contributed by atoms with Crippen LogP contribution in [-0.4, -0.2) is 27.7 Å². The molecule has 0 aromatic heterocycles. The molecule has 0 atom stereocenters. The van der Waals surface area contributed by atoms with Crippen LogP contribution in [0, 0.1) is 11.6 Å². The third-order valence-electron chi connectivity index (χ3n) is 2.53. The lowest BCUT2D eigenvalue weighted by Gasteiger charge is -2.23. The van der Waals surface area contributed by atoms with E-state index in [1.54, 1.807) is 13.8 Å². The van der Waals surface area contributed by atoms with Gasteiger partial charge in [-0.3, -0.25) is 0 Å². The van der Waals surface area contributed by atoms with Crippen molar-refractivity contribution in [2.45, 2.75) is 24.3 Å². The van der Waals surface area contributed by atoms with Gasteiger partial charge in [0.1, 0.15) is 11.6 Å². The fourth-order valence-corrected chi connectivity index (χ4v) is 2.56. The summed E-state index contributed by atoms with van der Waals surface area (Å²) < 4.78 is 57.9. The molecule has 1 aromatic rings. The van der Waals surface area contributed by atoms with Crippen molar-refractivity contribution < 1.29 is 21.9 Å². The molecule has 0 aliphatic rings. The third-order valence-corrected chi connectivity index (χ3v) is 3.98. The molecule has 1 rings (SSSR count). The molecular weight excluding hydrogens is 278 g/mol. The number of methoxy groups -OCH3 is 1. The maximum absolute atomic E-state index is 13.5. The van der Waals surface area contributed by atoms with Crippen LogP contribution in [0.25, 0.3) is 0 Å². The van der Waals surface area contributed by atoms with Crippen molar-refractivity contribution in [1.82, 2.24) is 4.72 Å². The van der Waals surface area contributed by atoms with E-state index in [9.17, 15) is 17.2 Å². The Hall–Kier alpha value is -1.25. The van der Waals surface area contributed by atoms with Crippen LogP contribution in [0.1, 0.15) is 13.8 Å². The summed E-state index contributed by atoms with van der Waals surface area (Å²) in [6.07, 6.45) is 0. The van der Waals surface area contributed by atoms with E-state index in [1.165, 1.54) is 7.11 Å². The zero-order chi connectivity index (χ0) is 14.8. The van der Waals surface area contributed by atoms with E-state index in [4.69, 9.17) is 10.5 Å². The van der Waals surface area contributed by atoms with Crippen LogP contribution in [0.5, 0.6) is 0 Å². The lowest BCUT2D eigenvalue weighted by molar-refractivity contribution is 0.0276. The van der Waals surface area contributed by atoms with Crippen LogP contribution in [0.3, 0.4) is 0 Å². The molecule has 0 heterocycles. The number of ether oxygens (including phenoxy) is 1. The predicted octanol–water partition coefficient (Wildman–Crippen LogP) is 1.25. The first-order valence-corrected chi connectivity index (χ1v) is 6.87. The second-order valence-corrected chi connectivity index (χ2v) is 6.31. The standard InChI is InChI=1S/C11H16F2N2O3S/c1-11(2,18-3)6-15-19(16,17)10-8(12)4-7(14)5-9(10)13/h4-5,15H,6,14H2,1-3H3. The summed E-state index contributed by atoms with van der Waals surface area (Å²) in [5, 5.41) is 0. The van der Waals surface area contributed by atoms with Gasteiger partial charge in [-0.2, -0.15) is 0 Å². The van der Waals surface area contributed by atoms with E-state index >= 15 is 0 Å². The zero-order valence-corrected chi connectivity index (χ0v) is 11.6. The molecule has 0 saturated carbocycles. The fraction of sp³-hybridized carbons (Fsp3) is 0.455. The van der Waals surface area contributed by atoms with Gasteiger partial charge in [-0.25, -0.2) is 21.9 Å². The van der Waals surface area contributed by atoms with Crippen molar-refractivity contribution in [3.05, 3.63) is 23.8 Å². The quantitative estimate of drug-likeness (QED) is 0.801. The minimum Gasteiger partial charge on any atom is -0.399 e. The first-order valence-electron chi connectivity index (χ1n) is 5.38. The second kappa shape index (κ2) is 5.40. The molecule has 0 bridgehead atoms. The SMILES string of the molecule is COC(C)(C)CNS(=O)(=O)c1c(F)cc(N)cc1F. The van der Waals surface area contributed by atoms with E-state index in [0.29, 0.717) is 0 Å². The summed E-state index contributed by atoms with van der Waals surface area (Å²) in [5.41, 5.74) is 4.23. The molecular formula is C11H16F2N2O3S. The highest BCUT2D eigenvalue weighted by Gasteiger charge is 2.27. The summed E-state index contributed by atoms with van der Waals surface area (Å²) in [5.74, 6) is -2.47. The van der Waals surface area contributed by atoms with Crippen molar-refractivity contribution in [3.8, 4) is 0 Å². The van der Waals surface area contributed by atoms with Crippen molar-refractivity contribution in [3.63, 3.8) is 0 Å². The van der Waals surface area contributed by atoms with Gasteiger partial charge in [0.15, 0.2) is 4.90 Å². The first-order chi connectivity index (χ1) is 8.59. The average Bonchev–Trinajstić information content (AvgIpc) is 2.25. The molecule has 8 heteroatoms. The zero-order valence-electron chi connectivity index (χ0n) is 10.8. The molecule has 0 radical (unpaired) electrons. The summed E-state index contributed by atoms with van der Waals surface area (Å²) in [4.78, 5) is -1.05. The van der Waals surface area contributed by atoms with Crippen molar-refractivity contribution >= 4 is 15.7 Å². The van der Waals surface area contributed by atoms with Crippen LogP contribution in [0.15, 0.2) is 17.0 Å². The molecule has 0 fully saturated rings. The number of halogens is 2. The number of nitrogens with two attached hydrogens (primary N) is 1. The van der Waals surface area contributed by atoms with Gasteiger partial charge < -0.3 is 10.5 Å². The number of hydrogen-bond donors (Lipinski definition) is 2. The van der Waals surface area contributed by atoms with Gasteiger partial charge in [-0.05, 0) is 26.0 Å². The summed E-state index contributed by atoms with van der Waals surface area (Å²) in [6.45, 7) is 3.13. The van der Waals surface area contributed by atoms with Crippen LogP contribution in [0.2, 0.25) is 0 Å². The number of anilines is 1. The lowest BCUT2D eigenvalue weighted by atomic mass is 10.1. The van der Waals surface area contributed by atoms with E-state index in [-0.39, 0.29) is 12.2 Å². The Balaban J connectivity index is 3.09. The number of sulfonamides is 1. The van der Waals surface area contributed by atoms with E-state index < -0.39 is 32.2 Å². The number of rotatable bonds is 5. The third kappa shape index (κ3) is 3.85. The number of hydrogen-bond acceptors (Lipinski definition) is 4. The van der Waals surface area contributed by atoms with Gasteiger partial charge >= 0.3 is 0 Å². The summed E-state index contributed by atoms with van der Waals surface area (Å²) in [6, 6.07) is 1.50. The van der Waals surface area contributed by atoms with Crippen LogP contribution in [0.4, 0.5) is 14.5 Å². The topological polar surface area (TPSA) is 81.4 Å². The Kier molecular flexibility index (Phi) is 4.49. The van der Waals surface area contributed by atoms with Crippen LogP contribution < -0.4 is 10.5 Å². The molecule has 108 valence electrons. The van der Waals surface area contributed by atoms with E-state index in [1.807, 2.05) is 0 Å². The lowest BCUT2D eigenvalue weighted by Crippen LogP contribution is -2.40. The van der Waals surface area contributed by atoms with Gasteiger partial charge in [-0.1, -0.05) is 0 Å². The van der Waals surface area contributed by atoms with Crippen molar-refractivity contribution in [2.24, 2.45) is 0 Å². The Morgan fingerprint density at radius 2 is 1.79 bits per heavy atom. The highest BCUT2D eigenvalue weighted by molar-refractivity contribution is 7.89. The number of benzene rings is 1. The van der Waals surface area contributed by atoms with Gasteiger partial charge in [-0.15, -0.1) is 0 Å². The minimum absolute atomic E-state index is 0.130. The van der Waals surface area contributed by atoms with Crippen molar-refractivity contribution in [1.29, 1.82) is 0 Å². The largest absolute Gasteiger partial charge is 0.399 e. The van der Waals surface area contributed by atoms with Gasteiger partial charge in [0.25, 0.3) is 0 Å². The fourth-order valence-electron chi connectivity index (χ4n) is 1.25. The molecule has 0 amide bonds. The molecule has 1 aromatic carbocycles. The molecule has 0 unspecified atom stereocenters. The van der Waals surface area contributed by atoms with Gasteiger partial charge in [0, 0.05) is 19.3 Å². The second-order valence-electron chi connectivity index (χ2n) is 4.60. The first kappa shape index (κ1) is 15.8. The normalized spacial score (nSPS) is 12.7. The Morgan fingerprint density at radius 3 is 2.21 bits per heavy atom. The van der Waals surface area contributed by atoms with E-state index in [2.05, 4.69) is 4.72 Å².